The molecule has 0 unspecified atom stereocenters. The van der Waals surface area contributed by atoms with Crippen LogP contribution in [0.3, 0.4) is 0 Å². The topological polar surface area (TPSA) is 61.3 Å². The SMILES string of the molecule is CC(C)c1cc(Br)ccc1Oc1ccc(N)c(N)c1. The highest BCUT2D eigenvalue weighted by Gasteiger charge is 2.10. The molecule has 4 heteroatoms. The number of hydrogen-bond acceptors (Lipinski definition) is 3. The first-order valence-corrected chi connectivity index (χ1v) is 6.89. The molecule has 0 radical (unpaired) electrons. The average molecular weight is 321 g/mol. The van der Waals surface area contributed by atoms with Gasteiger partial charge in [-0.05, 0) is 41.8 Å². The van der Waals surface area contributed by atoms with E-state index in [1.807, 2.05) is 18.2 Å². The largest absolute Gasteiger partial charge is 0.457 e. The van der Waals surface area contributed by atoms with E-state index in [2.05, 4.69) is 35.8 Å². The van der Waals surface area contributed by atoms with E-state index in [9.17, 15) is 0 Å². The van der Waals surface area contributed by atoms with Gasteiger partial charge in [-0.25, -0.2) is 0 Å². The van der Waals surface area contributed by atoms with Crippen molar-refractivity contribution in [3.05, 3.63) is 46.4 Å². The molecular formula is C15H17BrN2O. The molecule has 4 N–H and O–H groups in total. The summed E-state index contributed by atoms with van der Waals surface area (Å²) < 4.78 is 6.95. The number of hydrogen-bond donors (Lipinski definition) is 2. The van der Waals surface area contributed by atoms with Gasteiger partial charge in [0.05, 0.1) is 11.4 Å². The molecule has 0 atom stereocenters. The standard InChI is InChI=1S/C15H17BrN2O/c1-9(2)12-7-10(16)3-6-15(12)19-11-4-5-13(17)14(18)8-11/h3-9H,17-18H2,1-2H3. The van der Waals surface area contributed by atoms with Gasteiger partial charge in [0.1, 0.15) is 11.5 Å². The average Bonchev–Trinajstić information content (AvgIpc) is 2.36. The van der Waals surface area contributed by atoms with E-state index >= 15 is 0 Å². The van der Waals surface area contributed by atoms with E-state index in [1.165, 1.54) is 0 Å². The molecule has 2 aromatic carbocycles. The van der Waals surface area contributed by atoms with Gasteiger partial charge in [-0.2, -0.15) is 0 Å². The predicted molar refractivity (Wildman–Crippen MR) is 83.6 cm³/mol. The lowest BCUT2D eigenvalue weighted by Gasteiger charge is -2.14. The van der Waals surface area contributed by atoms with Crippen molar-refractivity contribution in [2.45, 2.75) is 19.8 Å². The third kappa shape index (κ3) is 3.20. The molecule has 0 saturated heterocycles. The van der Waals surface area contributed by atoms with Gasteiger partial charge in [0.2, 0.25) is 0 Å². The number of halogens is 1. The monoisotopic (exact) mass is 320 g/mol. The van der Waals surface area contributed by atoms with E-state index < -0.39 is 0 Å². The lowest BCUT2D eigenvalue weighted by atomic mass is 10.0. The highest BCUT2D eigenvalue weighted by Crippen LogP contribution is 2.34. The lowest BCUT2D eigenvalue weighted by Crippen LogP contribution is -1.97. The van der Waals surface area contributed by atoms with Gasteiger partial charge < -0.3 is 16.2 Å². The minimum Gasteiger partial charge on any atom is -0.457 e. The van der Waals surface area contributed by atoms with Gasteiger partial charge in [-0.3, -0.25) is 0 Å². The van der Waals surface area contributed by atoms with E-state index in [-0.39, 0.29) is 0 Å². The predicted octanol–water partition coefficient (Wildman–Crippen LogP) is 4.53. The fourth-order valence-corrected chi connectivity index (χ4v) is 2.19. The van der Waals surface area contributed by atoms with Crippen molar-refractivity contribution in [2.75, 3.05) is 11.5 Å². The van der Waals surface area contributed by atoms with Crippen LogP contribution in [0.25, 0.3) is 0 Å². The molecule has 2 rings (SSSR count). The van der Waals surface area contributed by atoms with Crippen LogP contribution in [0.1, 0.15) is 25.3 Å². The Hall–Kier alpha value is -1.68. The van der Waals surface area contributed by atoms with Crippen LogP contribution in [-0.2, 0) is 0 Å². The molecule has 0 aromatic heterocycles. The lowest BCUT2D eigenvalue weighted by molar-refractivity contribution is 0.473. The van der Waals surface area contributed by atoms with Gasteiger partial charge in [-0.1, -0.05) is 29.8 Å². The Morgan fingerprint density at radius 1 is 1.00 bits per heavy atom. The number of rotatable bonds is 3. The maximum absolute atomic E-state index is 5.91. The first kappa shape index (κ1) is 13.7. The second-order valence-electron chi connectivity index (χ2n) is 4.73. The number of nitrogens with two attached hydrogens (primary N) is 2. The summed E-state index contributed by atoms with van der Waals surface area (Å²) in [5.74, 6) is 1.90. The summed E-state index contributed by atoms with van der Waals surface area (Å²) in [6, 6.07) is 11.3. The zero-order valence-electron chi connectivity index (χ0n) is 11.0. The normalized spacial score (nSPS) is 10.7. The molecule has 0 saturated carbocycles. The Balaban J connectivity index is 2.35. The van der Waals surface area contributed by atoms with Gasteiger partial charge >= 0.3 is 0 Å². The highest BCUT2D eigenvalue weighted by molar-refractivity contribution is 9.10. The Bertz CT molecular complexity index is 597. The van der Waals surface area contributed by atoms with E-state index in [1.54, 1.807) is 12.1 Å². The summed E-state index contributed by atoms with van der Waals surface area (Å²) in [5, 5.41) is 0. The van der Waals surface area contributed by atoms with Crippen LogP contribution in [0.15, 0.2) is 40.9 Å². The zero-order chi connectivity index (χ0) is 14.0. The minimum absolute atomic E-state index is 0.374. The number of nitrogen functional groups attached to an aromatic ring is 2. The molecule has 0 aliphatic heterocycles. The number of benzene rings is 2. The van der Waals surface area contributed by atoms with E-state index in [4.69, 9.17) is 16.2 Å². The molecule has 0 aliphatic carbocycles. The van der Waals surface area contributed by atoms with Crippen molar-refractivity contribution in [3.8, 4) is 11.5 Å². The second kappa shape index (κ2) is 5.53. The fraction of sp³-hybridized carbons (Fsp3) is 0.200. The molecule has 0 amide bonds. The molecule has 2 aromatic rings. The Morgan fingerprint density at radius 2 is 1.74 bits per heavy atom. The molecule has 0 fully saturated rings. The Labute approximate surface area is 121 Å². The van der Waals surface area contributed by atoms with Crippen LogP contribution in [-0.4, -0.2) is 0 Å². The maximum Gasteiger partial charge on any atom is 0.130 e. The van der Waals surface area contributed by atoms with Crippen LogP contribution >= 0.6 is 15.9 Å². The van der Waals surface area contributed by atoms with Gasteiger partial charge in [0, 0.05) is 10.5 Å². The van der Waals surface area contributed by atoms with Crippen LogP contribution in [0.4, 0.5) is 11.4 Å². The van der Waals surface area contributed by atoms with Crippen LogP contribution in [0.5, 0.6) is 11.5 Å². The third-order valence-corrected chi connectivity index (χ3v) is 3.37. The molecule has 0 bridgehead atoms. The van der Waals surface area contributed by atoms with Crippen molar-refractivity contribution < 1.29 is 4.74 Å². The summed E-state index contributed by atoms with van der Waals surface area (Å²) in [7, 11) is 0. The molecule has 0 heterocycles. The second-order valence-corrected chi connectivity index (χ2v) is 5.65. The summed E-state index contributed by atoms with van der Waals surface area (Å²) >= 11 is 3.48. The number of anilines is 2. The van der Waals surface area contributed by atoms with Crippen molar-refractivity contribution in [1.29, 1.82) is 0 Å². The summed E-state index contributed by atoms with van der Waals surface area (Å²) in [6.07, 6.45) is 0. The van der Waals surface area contributed by atoms with Crippen molar-refractivity contribution in [2.24, 2.45) is 0 Å². The molecule has 3 nitrogen and oxygen atoms in total. The fourth-order valence-electron chi connectivity index (χ4n) is 1.81. The van der Waals surface area contributed by atoms with Gasteiger partial charge in [0.15, 0.2) is 0 Å². The van der Waals surface area contributed by atoms with Gasteiger partial charge in [0.25, 0.3) is 0 Å². The minimum atomic E-state index is 0.374. The van der Waals surface area contributed by atoms with Crippen molar-refractivity contribution in [3.63, 3.8) is 0 Å². The highest BCUT2D eigenvalue weighted by atomic mass is 79.9. The van der Waals surface area contributed by atoms with Crippen molar-refractivity contribution in [1.82, 2.24) is 0 Å². The maximum atomic E-state index is 5.91. The summed E-state index contributed by atoms with van der Waals surface area (Å²) in [6.45, 7) is 4.26. The van der Waals surface area contributed by atoms with Gasteiger partial charge in [-0.15, -0.1) is 0 Å². The number of ether oxygens (including phenoxy) is 1. The Kier molecular flexibility index (Phi) is 4.00. The summed E-state index contributed by atoms with van der Waals surface area (Å²) in [4.78, 5) is 0. The van der Waals surface area contributed by atoms with Crippen LogP contribution in [0.2, 0.25) is 0 Å². The molecule has 100 valence electrons. The molecular weight excluding hydrogens is 304 g/mol. The van der Waals surface area contributed by atoms with Crippen molar-refractivity contribution >= 4 is 27.3 Å². The first-order valence-electron chi connectivity index (χ1n) is 6.09. The van der Waals surface area contributed by atoms with Crippen LogP contribution < -0.4 is 16.2 Å². The quantitative estimate of drug-likeness (QED) is 0.817. The third-order valence-electron chi connectivity index (χ3n) is 2.88. The molecule has 19 heavy (non-hydrogen) atoms. The Morgan fingerprint density at radius 3 is 2.37 bits per heavy atom. The van der Waals surface area contributed by atoms with E-state index in [0.29, 0.717) is 23.0 Å². The van der Waals surface area contributed by atoms with Crippen LogP contribution in [0, 0.1) is 0 Å². The molecule has 0 spiro atoms. The zero-order valence-corrected chi connectivity index (χ0v) is 12.6. The molecule has 0 aliphatic rings. The van der Waals surface area contributed by atoms with E-state index in [0.717, 1.165) is 15.8 Å². The smallest absolute Gasteiger partial charge is 0.130 e. The summed E-state index contributed by atoms with van der Waals surface area (Å²) in [5.41, 5.74) is 13.7. The first-order chi connectivity index (χ1) is 8.97.